The highest BCUT2D eigenvalue weighted by Crippen LogP contribution is 2.50. The summed E-state index contributed by atoms with van der Waals surface area (Å²) < 4.78 is 44.5. The van der Waals surface area contributed by atoms with Crippen LogP contribution < -0.4 is 10.1 Å². The molecule has 1 aromatic heterocycles. The Bertz CT molecular complexity index is 837. The standard InChI is InChI=1S/C19H20F3N3O2/c1-23-17(26)12-8-14-13-2-5-24-10-16(13)27-18(15(14)9-12)3-6-25(7-4-18)11-19(20,21)22/h2,5,9-10H,3-4,6-8,11H2,1H3,(H,23,26). The Hall–Kier alpha value is -2.35. The minimum atomic E-state index is -4.21. The fraction of sp³-hybridized carbons (Fsp3) is 0.474. The zero-order valence-corrected chi connectivity index (χ0v) is 14.9. The van der Waals surface area contributed by atoms with Gasteiger partial charge in [0.15, 0.2) is 0 Å². The predicted octanol–water partition coefficient (Wildman–Crippen LogP) is 2.70. The van der Waals surface area contributed by atoms with Crippen LogP contribution in [0.4, 0.5) is 13.2 Å². The lowest BCUT2D eigenvalue weighted by Gasteiger charge is -2.45. The number of nitrogens with zero attached hydrogens (tertiary/aromatic N) is 2. The maximum Gasteiger partial charge on any atom is 0.401 e. The van der Waals surface area contributed by atoms with Crippen LogP contribution in [0.1, 0.15) is 24.8 Å². The van der Waals surface area contributed by atoms with Crippen molar-refractivity contribution in [1.82, 2.24) is 15.2 Å². The zero-order chi connectivity index (χ0) is 19.2. The van der Waals surface area contributed by atoms with Gasteiger partial charge in [0.25, 0.3) is 0 Å². The average molecular weight is 379 g/mol. The lowest BCUT2D eigenvalue weighted by atomic mass is 9.79. The van der Waals surface area contributed by atoms with E-state index >= 15 is 0 Å². The van der Waals surface area contributed by atoms with Crippen molar-refractivity contribution in [2.24, 2.45) is 0 Å². The molecule has 0 radical (unpaired) electrons. The van der Waals surface area contributed by atoms with Crippen LogP contribution in [-0.4, -0.2) is 54.3 Å². The minimum Gasteiger partial charge on any atom is -0.480 e. The summed E-state index contributed by atoms with van der Waals surface area (Å²) in [6.45, 7) is -0.337. The van der Waals surface area contributed by atoms with Gasteiger partial charge in [-0.1, -0.05) is 0 Å². The van der Waals surface area contributed by atoms with E-state index in [9.17, 15) is 18.0 Å². The normalized spacial score (nSPS) is 21.4. The van der Waals surface area contributed by atoms with Gasteiger partial charge in [-0.05, 0) is 17.7 Å². The van der Waals surface area contributed by atoms with Gasteiger partial charge in [-0.25, -0.2) is 0 Å². The molecule has 8 heteroatoms. The third kappa shape index (κ3) is 3.22. The van der Waals surface area contributed by atoms with Crippen LogP contribution >= 0.6 is 0 Å². The second-order valence-electron chi connectivity index (χ2n) is 7.18. The summed E-state index contributed by atoms with van der Waals surface area (Å²) >= 11 is 0. The summed E-state index contributed by atoms with van der Waals surface area (Å²) in [4.78, 5) is 17.7. The molecule has 3 heterocycles. The van der Waals surface area contributed by atoms with Crippen molar-refractivity contribution >= 4 is 11.5 Å². The third-order valence-electron chi connectivity index (χ3n) is 5.50. The van der Waals surface area contributed by atoms with Crippen LogP contribution in [0.3, 0.4) is 0 Å². The number of fused-ring (bicyclic) bond motifs is 3. The quantitative estimate of drug-likeness (QED) is 0.859. The summed E-state index contributed by atoms with van der Waals surface area (Å²) in [5.74, 6) is 0.483. The largest absolute Gasteiger partial charge is 0.480 e. The van der Waals surface area contributed by atoms with Gasteiger partial charge in [0, 0.05) is 62.3 Å². The van der Waals surface area contributed by atoms with E-state index in [1.165, 1.54) is 4.90 Å². The second kappa shape index (κ2) is 6.37. The summed E-state index contributed by atoms with van der Waals surface area (Å²) in [5.41, 5.74) is 2.78. The number of carbonyl (C=O) groups is 1. The number of aromatic nitrogens is 1. The number of carbonyl (C=O) groups excluding carboxylic acids is 1. The predicted molar refractivity (Wildman–Crippen MR) is 93.0 cm³/mol. The number of pyridine rings is 1. The molecule has 1 N–H and O–H groups in total. The highest BCUT2D eigenvalue weighted by molar-refractivity contribution is 6.00. The molecule has 2 aliphatic heterocycles. The topological polar surface area (TPSA) is 54.5 Å². The first-order valence-corrected chi connectivity index (χ1v) is 8.90. The van der Waals surface area contributed by atoms with E-state index in [1.807, 2.05) is 12.1 Å². The Morgan fingerprint density at radius 3 is 2.78 bits per heavy atom. The van der Waals surface area contributed by atoms with Gasteiger partial charge in [-0.15, -0.1) is 0 Å². The molecule has 1 aromatic rings. The van der Waals surface area contributed by atoms with Gasteiger partial charge < -0.3 is 10.1 Å². The molecule has 5 nitrogen and oxygen atoms in total. The molecular formula is C19H20F3N3O2. The fourth-order valence-electron chi connectivity index (χ4n) is 4.22. The van der Waals surface area contributed by atoms with Crippen LogP contribution in [0.25, 0.3) is 5.57 Å². The number of amides is 1. The minimum absolute atomic E-state index is 0.148. The van der Waals surface area contributed by atoms with Gasteiger partial charge in [0.05, 0.1) is 12.7 Å². The number of halogens is 3. The third-order valence-corrected chi connectivity index (χ3v) is 5.50. The van der Waals surface area contributed by atoms with Crippen molar-refractivity contribution in [2.45, 2.75) is 31.0 Å². The van der Waals surface area contributed by atoms with E-state index < -0.39 is 18.3 Å². The number of rotatable bonds is 2. The number of nitrogens with one attached hydrogen (secondary N) is 1. The summed E-state index contributed by atoms with van der Waals surface area (Å²) in [7, 11) is 1.58. The number of ether oxygens (including phenoxy) is 1. The molecule has 1 aliphatic carbocycles. The van der Waals surface area contributed by atoms with E-state index in [1.54, 1.807) is 19.4 Å². The van der Waals surface area contributed by atoms with Crippen LogP contribution in [0, 0.1) is 0 Å². The molecule has 1 spiro atoms. The Labute approximate surface area is 154 Å². The van der Waals surface area contributed by atoms with Gasteiger partial charge in [-0.3, -0.25) is 14.7 Å². The molecule has 1 amide bonds. The van der Waals surface area contributed by atoms with Gasteiger partial charge in [0.1, 0.15) is 11.4 Å². The van der Waals surface area contributed by atoms with E-state index in [0.29, 0.717) is 30.6 Å². The number of hydrogen-bond donors (Lipinski definition) is 1. The highest BCUT2D eigenvalue weighted by atomic mass is 19.4. The Balaban J connectivity index is 1.66. The van der Waals surface area contributed by atoms with Crippen molar-refractivity contribution in [2.75, 3.05) is 26.7 Å². The smallest absolute Gasteiger partial charge is 0.401 e. The first-order valence-electron chi connectivity index (χ1n) is 8.90. The molecule has 3 aliphatic rings. The van der Waals surface area contributed by atoms with E-state index in [2.05, 4.69) is 10.3 Å². The molecule has 0 saturated carbocycles. The summed E-state index contributed by atoms with van der Waals surface area (Å²) in [5, 5.41) is 2.64. The Morgan fingerprint density at radius 1 is 1.37 bits per heavy atom. The van der Waals surface area contributed by atoms with E-state index in [-0.39, 0.29) is 19.0 Å². The van der Waals surface area contributed by atoms with Crippen molar-refractivity contribution < 1.29 is 22.7 Å². The molecule has 4 rings (SSSR count). The first-order chi connectivity index (χ1) is 12.8. The van der Waals surface area contributed by atoms with Crippen LogP contribution in [0.5, 0.6) is 5.75 Å². The summed E-state index contributed by atoms with van der Waals surface area (Å²) in [6, 6.07) is 1.86. The van der Waals surface area contributed by atoms with Crippen molar-refractivity contribution in [1.29, 1.82) is 0 Å². The zero-order valence-electron chi connectivity index (χ0n) is 14.9. The molecule has 0 atom stereocenters. The number of alkyl halides is 3. The maximum absolute atomic E-state index is 12.7. The first kappa shape index (κ1) is 18.0. The van der Waals surface area contributed by atoms with E-state index in [0.717, 1.165) is 16.7 Å². The lowest BCUT2D eigenvalue weighted by molar-refractivity contribution is -0.151. The van der Waals surface area contributed by atoms with E-state index in [4.69, 9.17) is 4.74 Å². The van der Waals surface area contributed by atoms with Crippen molar-refractivity contribution in [3.8, 4) is 5.75 Å². The number of piperidine rings is 1. The fourth-order valence-corrected chi connectivity index (χ4v) is 4.22. The molecule has 0 bridgehead atoms. The van der Waals surface area contributed by atoms with Gasteiger partial charge in [-0.2, -0.15) is 13.2 Å². The molecule has 0 unspecified atom stereocenters. The highest BCUT2D eigenvalue weighted by Gasteiger charge is 2.47. The molecular weight excluding hydrogens is 359 g/mol. The van der Waals surface area contributed by atoms with Crippen LogP contribution in [-0.2, 0) is 4.79 Å². The Kier molecular flexibility index (Phi) is 4.25. The number of likely N-dealkylation sites (N-methyl/N-ethyl adjacent to an activating group) is 1. The molecule has 1 saturated heterocycles. The Morgan fingerprint density at radius 2 is 2.11 bits per heavy atom. The number of allylic oxidation sites excluding steroid dienone is 1. The molecule has 1 fully saturated rings. The van der Waals surface area contributed by atoms with Crippen LogP contribution in [0.2, 0.25) is 0 Å². The number of hydrogen-bond acceptors (Lipinski definition) is 4. The SMILES string of the molecule is CNC(=O)C1=CC2=C(C1)c1ccncc1OC21CCN(CC(F)(F)F)CC1. The molecule has 27 heavy (non-hydrogen) atoms. The summed E-state index contributed by atoms with van der Waals surface area (Å²) in [6.07, 6.45) is 2.33. The monoisotopic (exact) mass is 379 g/mol. The van der Waals surface area contributed by atoms with Crippen molar-refractivity contribution in [3.63, 3.8) is 0 Å². The van der Waals surface area contributed by atoms with Crippen molar-refractivity contribution in [3.05, 3.63) is 41.2 Å². The lowest BCUT2D eigenvalue weighted by Crippen LogP contribution is -2.51. The average Bonchev–Trinajstić information content (AvgIpc) is 3.09. The number of likely N-dealkylation sites (tertiary alicyclic amines) is 1. The molecule has 0 aromatic carbocycles. The maximum atomic E-state index is 12.7. The second-order valence-corrected chi connectivity index (χ2v) is 7.18. The van der Waals surface area contributed by atoms with Crippen LogP contribution in [0.15, 0.2) is 35.7 Å². The van der Waals surface area contributed by atoms with Gasteiger partial charge >= 0.3 is 6.18 Å². The molecule has 144 valence electrons. The van der Waals surface area contributed by atoms with Gasteiger partial charge in [0.2, 0.25) is 5.91 Å².